The number of amides is 3. The normalized spacial score (nSPS) is 16.4. The van der Waals surface area contributed by atoms with Crippen LogP contribution >= 0.6 is 11.3 Å². The molecule has 0 radical (unpaired) electrons. The Kier molecular flexibility index (Phi) is 13.3. The first-order chi connectivity index (χ1) is 23.2. The first-order valence-corrected chi connectivity index (χ1v) is 18.9. The molecule has 0 aliphatic carbocycles. The van der Waals surface area contributed by atoms with Crippen molar-refractivity contribution in [1.82, 2.24) is 24.4 Å². The van der Waals surface area contributed by atoms with E-state index >= 15 is 0 Å². The average molecular weight is 716 g/mol. The summed E-state index contributed by atoms with van der Waals surface area (Å²) in [6.07, 6.45) is -2.21. The average Bonchev–Trinajstić information content (AvgIpc) is 3.64. The molecule has 2 unspecified atom stereocenters. The lowest BCUT2D eigenvalue weighted by atomic mass is 9.97. The molecule has 1 aliphatic heterocycles. The number of aryl methyl sites for hydroxylation is 1. The van der Waals surface area contributed by atoms with Gasteiger partial charge in [0.1, 0.15) is 12.1 Å². The molecule has 0 bridgehead atoms. The molecule has 1 aromatic heterocycles. The van der Waals surface area contributed by atoms with Crippen LogP contribution in [0.4, 0.5) is 4.79 Å². The molecule has 2 aromatic carbocycles. The number of aliphatic hydroxyl groups excluding tert-OH is 3. The predicted molar refractivity (Wildman–Crippen MR) is 188 cm³/mol. The van der Waals surface area contributed by atoms with Crippen molar-refractivity contribution in [3.05, 3.63) is 81.8 Å². The summed E-state index contributed by atoms with van der Waals surface area (Å²) in [4.78, 5) is 35.3. The third-order valence-corrected chi connectivity index (χ3v) is 11.2. The number of nitrogens with zero attached hydrogens (tertiary/aromatic N) is 4. The molecule has 12 nitrogen and oxygen atoms in total. The Morgan fingerprint density at radius 2 is 1.69 bits per heavy atom. The molecule has 4 rings (SSSR count). The monoisotopic (exact) mass is 715 g/mol. The molecule has 4 atom stereocenters. The van der Waals surface area contributed by atoms with Crippen molar-refractivity contribution >= 4 is 33.3 Å². The van der Waals surface area contributed by atoms with Gasteiger partial charge in [-0.2, -0.15) is 4.31 Å². The summed E-state index contributed by atoms with van der Waals surface area (Å²) in [5, 5.41) is 36.8. The summed E-state index contributed by atoms with van der Waals surface area (Å²) in [6.45, 7) is 9.87. The molecule has 268 valence electrons. The summed E-state index contributed by atoms with van der Waals surface area (Å²) in [5.41, 5.74) is 2.01. The smallest absolute Gasteiger partial charge is 0.321 e. The standard InChI is InChI=1S/C35H49N5O7S2/c1-23(2)18-39(49(46,47)29-13-11-27(12-14-29)32(43)21-41)20-31(42)30(17-26-9-7-6-8-10-26)37-34(44)33(24(3)4)40-16-15-38(35(40)45)19-28-22-48-25(5)36-28/h6-14,22-24,30-33,41-43H,15-21H2,1-5H3,(H,37,44)/t30-,31+,32?,33?/m0/s1. The Bertz CT molecular complexity index is 1630. The van der Waals surface area contributed by atoms with Crippen LogP contribution in [0.5, 0.6) is 0 Å². The number of carbonyl (C=O) groups is 2. The van der Waals surface area contributed by atoms with Gasteiger partial charge in [0.2, 0.25) is 15.9 Å². The number of carbonyl (C=O) groups excluding carboxylic acids is 2. The van der Waals surface area contributed by atoms with E-state index in [-0.39, 0.29) is 42.3 Å². The maximum Gasteiger partial charge on any atom is 0.321 e. The van der Waals surface area contributed by atoms with Crippen LogP contribution in [-0.2, 0) is 27.8 Å². The number of aliphatic hydroxyl groups is 3. The number of aromatic nitrogens is 1. The maximum absolute atomic E-state index is 14.1. The molecule has 1 fully saturated rings. The quantitative estimate of drug-likeness (QED) is 0.166. The number of benzene rings is 2. The van der Waals surface area contributed by atoms with Gasteiger partial charge in [0.15, 0.2) is 0 Å². The van der Waals surface area contributed by atoms with Crippen LogP contribution < -0.4 is 5.32 Å². The Balaban J connectivity index is 1.57. The minimum absolute atomic E-state index is 0.0253. The van der Waals surface area contributed by atoms with Crippen LogP contribution in [0, 0.1) is 18.8 Å². The van der Waals surface area contributed by atoms with Crippen molar-refractivity contribution in [2.24, 2.45) is 11.8 Å². The fourth-order valence-corrected chi connectivity index (χ4v) is 8.26. The highest BCUT2D eigenvalue weighted by Gasteiger charge is 2.40. The second-order valence-corrected chi connectivity index (χ2v) is 16.3. The summed E-state index contributed by atoms with van der Waals surface area (Å²) in [7, 11) is -4.10. The van der Waals surface area contributed by atoms with Gasteiger partial charge in [-0.25, -0.2) is 18.2 Å². The first kappa shape index (κ1) is 38.4. The van der Waals surface area contributed by atoms with E-state index < -0.39 is 46.8 Å². The van der Waals surface area contributed by atoms with Crippen molar-refractivity contribution in [2.45, 2.75) is 76.8 Å². The van der Waals surface area contributed by atoms with Gasteiger partial charge in [-0.05, 0) is 48.4 Å². The van der Waals surface area contributed by atoms with Crippen LogP contribution in [0.2, 0.25) is 0 Å². The van der Waals surface area contributed by atoms with E-state index in [2.05, 4.69) is 10.3 Å². The van der Waals surface area contributed by atoms with E-state index in [0.717, 1.165) is 16.3 Å². The molecule has 49 heavy (non-hydrogen) atoms. The predicted octanol–water partition coefficient (Wildman–Crippen LogP) is 3.17. The molecular formula is C35H49N5O7S2. The number of thiazole rings is 1. The summed E-state index contributed by atoms with van der Waals surface area (Å²) >= 11 is 1.52. The zero-order chi connectivity index (χ0) is 35.9. The molecular weight excluding hydrogens is 667 g/mol. The van der Waals surface area contributed by atoms with Crippen molar-refractivity contribution in [3.63, 3.8) is 0 Å². The van der Waals surface area contributed by atoms with E-state index in [0.29, 0.717) is 25.2 Å². The Hall–Kier alpha value is -3.40. The largest absolute Gasteiger partial charge is 0.393 e. The Morgan fingerprint density at radius 1 is 1.02 bits per heavy atom. The van der Waals surface area contributed by atoms with E-state index in [4.69, 9.17) is 0 Å². The molecule has 14 heteroatoms. The lowest BCUT2D eigenvalue weighted by molar-refractivity contribution is -0.128. The van der Waals surface area contributed by atoms with Crippen molar-refractivity contribution < 1.29 is 33.3 Å². The second-order valence-electron chi connectivity index (χ2n) is 13.3. The highest BCUT2D eigenvalue weighted by molar-refractivity contribution is 7.89. The van der Waals surface area contributed by atoms with Crippen molar-refractivity contribution in [1.29, 1.82) is 0 Å². The Labute approximate surface area is 293 Å². The van der Waals surface area contributed by atoms with Crippen LogP contribution in [0.3, 0.4) is 0 Å². The van der Waals surface area contributed by atoms with Gasteiger partial charge in [-0.15, -0.1) is 11.3 Å². The fourth-order valence-electron chi connectivity index (χ4n) is 6.04. The van der Waals surface area contributed by atoms with Gasteiger partial charge in [0, 0.05) is 31.6 Å². The van der Waals surface area contributed by atoms with Gasteiger partial charge < -0.3 is 30.4 Å². The molecule has 3 amide bonds. The SMILES string of the molecule is Cc1nc(CN2CCN(C(C(=O)N[C@@H](Cc3ccccc3)[C@H](O)CN(CC(C)C)S(=O)(=O)c3ccc(C(O)CO)cc3)C(C)C)C2=O)cs1. The van der Waals surface area contributed by atoms with Crippen LogP contribution in [-0.4, -0.2) is 106 Å². The lowest BCUT2D eigenvalue weighted by Crippen LogP contribution is -2.57. The van der Waals surface area contributed by atoms with Crippen LogP contribution in [0.25, 0.3) is 0 Å². The van der Waals surface area contributed by atoms with Gasteiger partial charge in [-0.3, -0.25) is 4.79 Å². The van der Waals surface area contributed by atoms with Crippen LogP contribution in [0.1, 0.15) is 55.6 Å². The zero-order valence-corrected chi connectivity index (χ0v) is 30.4. The number of urea groups is 1. The van der Waals surface area contributed by atoms with Crippen molar-refractivity contribution in [2.75, 3.05) is 32.8 Å². The third-order valence-electron chi connectivity index (χ3n) is 8.51. The van der Waals surface area contributed by atoms with E-state index in [1.807, 2.05) is 70.3 Å². The topological polar surface area (TPSA) is 164 Å². The Morgan fingerprint density at radius 3 is 2.27 bits per heavy atom. The maximum atomic E-state index is 14.1. The van der Waals surface area contributed by atoms with Crippen molar-refractivity contribution in [3.8, 4) is 0 Å². The summed E-state index contributed by atoms with van der Waals surface area (Å²) < 4.78 is 29.0. The fraction of sp³-hybridized carbons (Fsp3) is 0.514. The third kappa shape index (κ3) is 9.86. The molecule has 3 aromatic rings. The van der Waals surface area contributed by atoms with E-state index in [1.54, 1.807) is 9.80 Å². The summed E-state index contributed by atoms with van der Waals surface area (Å²) in [6, 6.07) is 13.0. The highest BCUT2D eigenvalue weighted by atomic mass is 32.2. The number of hydrogen-bond donors (Lipinski definition) is 4. The van der Waals surface area contributed by atoms with Gasteiger partial charge in [-0.1, -0.05) is 70.2 Å². The summed E-state index contributed by atoms with van der Waals surface area (Å²) in [5.74, 6) is -0.752. The van der Waals surface area contributed by atoms with Gasteiger partial charge >= 0.3 is 6.03 Å². The second kappa shape index (κ2) is 17.0. The molecule has 0 saturated carbocycles. The zero-order valence-electron chi connectivity index (χ0n) is 28.8. The molecule has 1 aliphatic rings. The number of hydrogen-bond acceptors (Lipinski definition) is 9. The van der Waals surface area contributed by atoms with Crippen LogP contribution in [0.15, 0.2) is 64.9 Å². The molecule has 0 spiro atoms. The number of nitrogens with one attached hydrogen (secondary N) is 1. The molecule has 4 N–H and O–H groups in total. The van der Waals surface area contributed by atoms with Gasteiger partial charge in [0.25, 0.3) is 0 Å². The van der Waals surface area contributed by atoms with E-state index in [9.17, 15) is 33.3 Å². The van der Waals surface area contributed by atoms with E-state index in [1.165, 1.54) is 39.9 Å². The molecule has 1 saturated heterocycles. The van der Waals surface area contributed by atoms with Gasteiger partial charge in [0.05, 0.1) is 40.9 Å². The lowest BCUT2D eigenvalue weighted by Gasteiger charge is -2.34. The first-order valence-electron chi connectivity index (χ1n) is 16.6. The molecule has 2 heterocycles. The number of rotatable bonds is 17. The minimum Gasteiger partial charge on any atom is -0.393 e. The highest BCUT2D eigenvalue weighted by Crippen LogP contribution is 2.24. The number of sulfonamides is 1. The minimum atomic E-state index is -4.10.